The summed E-state index contributed by atoms with van der Waals surface area (Å²) in [5, 5.41) is 4.43. The van der Waals surface area contributed by atoms with E-state index in [1.807, 2.05) is 4.90 Å². The molecule has 4 nitrogen and oxygen atoms in total. The summed E-state index contributed by atoms with van der Waals surface area (Å²) in [6.07, 6.45) is 6.19. The quantitative estimate of drug-likeness (QED) is 0.621. The topological polar surface area (TPSA) is 37.7 Å². The number of hydrogen-bond donors (Lipinski definition) is 0. The first kappa shape index (κ1) is 18.4. The van der Waals surface area contributed by atoms with Crippen molar-refractivity contribution in [2.45, 2.75) is 65.3 Å². The number of carbonyl (C=O) groups excluding carboxylic acids is 1. The Balaban J connectivity index is 2.30. The standard InChI is InChI=1S/C17H34N3O/c1-4-13-20(14-5-2)17(21)8-7-15-19(6-3)16-9-11-18-12-10-16/h16H,4-15H2,1-3H3. The maximum absolute atomic E-state index is 12.3. The summed E-state index contributed by atoms with van der Waals surface area (Å²) in [6.45, 7) is 12.5. The molecule has 1 amide bonds. The van der Waals surface area contributed by atoms with Gasteiger partial charge in [-0.2, -0.15) is 0 Å². The molecule has 1 saturated heterocycles. The Hall–Kier alpha value is -0.610. The largest absolute Gasteiger partial charge is 0.343 e. The molecule has 1 rings (SSSR count). The van der Waals surface area contributed by atoms with Gasteiger partial charge in [0.1, 0.15) is 0 Å². The van der Waals surface area contributed by atoms with Gasteiger partial charge in [0.25, 0.3) is 0 Å². The van der Waals surface area contributed by atoms with Crippen LogP contribution in [-0.2, 0) is 4.79 Å². The molecular formula is C17H34N3O. The highest BCUT2D eigenvalue weighted by atomic mass is 16.2. The van der Waals surface area contributed by atoms with Crippen molar-refractivity contribution in [3.8, 4) is 0 Å². The summed E-state index contributed by atoms with van der Waals surface area (Å²) in [5.41, 5.74) is 0. The Bertz CT molecular complexity index is 271. The fourth-order valence-electron chi connectivity index (χ4n) is 3.19. The summed E-state index contributed by atoms with van der Waals surface area (Å²) in [5.74, 6) is 0.341. The summed E-state index contributed by atoms with van der Waals surface area (Å²) < 4.78 is 0. The summed E-state index contributed by atoms with van der Waals surface area (Å²) in [6, 6.07) is 0.685. The second-order valence-corrected chi connectivity index (χ2v) is 6.01. The number of rotatable bonds is 10. The van der Waals surface area contributed by atoms with Crippen LogP contribution < -0.4 is 5.32 Å². The van der Waals surface area contributed by atoms with Gasteiger partial charge in [0.05, 0.1) is 0 Å². The molecule has 1 aliphatic rings. The van der Waals surface area contributed by atoms with E-state index in [4.69, 9.17) is 0 Å². The van der Waals surface area contributed by atoms with Crippen molar-refractivity contribution in [3.63, 3.8) is 0 Å². The molecule has 4 heteroatoms. The third-order valence-corrected chi connectivity index (χ3v) is 4.34. The molecule has 0 aromatic heterocycles. The zero-order valence-corrected chi connectivity index (χ0v) is 14.3. The number of hydrogen-bond acceptors (Lipinski definition) is 2. The van der Waals surface area contributed by atoms with Crippen LogP contribution in [0.2, 0.25) is 0 Å². The number of nitrogens with zero attached hydrogens (tertiary/aromatic N) is 3. The lowest BCUT2D eigenvalue weighted by Crippen LogP contribution is -2.42. The van der Waals surface area contributed by atoms with E-state index >= 15 is 0 Å². The van der Waals surface area contributed by atoms with Crippen molar-refractivity contribution in [1.82, 2.24) is 15.1 Å². The van der Waals surface area contributed by atoms with Gasteiger partial charge in [-0.15, -0.1) is 0 Å². The van der Waals surface area contributed by atoms with E-state index in [1.54, 1.807) is 0 Å². The molecule has 0 aliphatic carbocycles. The van der Waals surface area contributed by atoms with Crippen molar-refractivity contribution >= 4 is 5.91 Å². The molecule has 1 fully saturated rings. The monoisotopic (exact) mass is 296 g/mol. The van der Waals surface area contributed by atoms with Crippen molar-refractivity contribution in [1.29, 1.82) is 0 Å². The van der Waals surface area contributed by atoms with Crippen LogP contribution in [0, 0.1) is 0 Å². The average Bonchev–Trinajstić information content (AvgIpc) is 2.52. The highest BCUT2D eigenvalue weighted by molar-refractivity contribution is 5.76. The maximum atomic E-state index is 12.3. The smallest absolute Gasteiger partial charge is 0.222 e. The molecule has 1 radical (unpaired) electrons. The molecule has 0 bridgehead atoms. The maximum Gasteiger partial charge on any atom is 0.222 e. The van der Waals surface area contributed by atoms with E-state index in [-0.39, 0.29) is 0 Å². The third kappa shape index (κ3) is 6.79. The molecule has 1 heterocycles. The minimum absolute atomic E-state index is 0.341. The van der Waals surface area contributed by atoms with Crippen LogP contribution in [0.15, 0.2) is 0 Å². The molecule has 0 N–H and O–H groups in total. The highest BCUT2D eigenvalue weighted by Gasteiger charge is 2.20. The van der Waals surface area contributed by atoms with Crippen LogP contribution in [-0.4, -0.2) is 61.0 Å². The lowest BCUT2D eigenvalue weighted by molar-refractivity contribution is -0.131. The first-order valence-corrected chi connectivity index (χ1v) is 8.87. The first-order chi connectivity index (χ1) is 10.2. The van der Waals surface area contributed by atoms with E-state index < -0.39 is 0 Å². The fraction of sp³-hybridized carbons (Fsp3) is 0.941. The van der Waals surface area contributed by atoms with Gasteiger partial charge < -0.3 is 9.80 Å². The van der Waals surface area contributed by atoms with Gasteiger partial charge in [-0.1, -0.05) is 20.8 Å². The molecule has 0 atom stereocenters. The Morgan fingerprint density at radius 1 is 1.05 bits per heavy atom. The molecule has 0 aromatic carbocycles. The second-order valence-electron chi connectivity index (χ2n) is 6.01. The normalized spacial score (nSPS) is 16.4. The van der Waals surface area contributed by atoms with E-state index in [1.165, 1.54) is 12.8 Å². The summed E-state index contributed by atoms with van der Waals surface area (Å²) >= 11 is 0. The molecule has 1 aliphatic heterocycles. The minimum atomic E-state index is 0.341. The van der Waals surface area contributed by atoms with Crippen LogP contribution >= 0.6 is 0 Å². The van der Waals surface area contributed by atoms with E-state index in [9.17, 15) is 4.79 Å². The van der Waals surface area contributed by atoms with Crippen molar-refractivity contribution in [2.24, 2.45) is 0 Å². The highest BCUT2D eigenvalue weighted by Crippen LogP contribution is 2.13. The second kappa shape index (κ2) is 11.0. The Kier molecular flexibility index (Phi) is 9.68. The Labute approximate surface area is 131 Å². The SMILES string of the molecule is CCCN(CCC)C(=O)CCCN(CC)C1CC[N]CC1. The number of carbonyl (C=O) groups is 1. The fourth-order valence-corrected chi connectivity index (χ4v) is 3.19. The Morgan fingerprint density at radius 2 is 1.67 bits per heavy atom. The predicted octanol–water partition coefficient (Wildman–Crippen LogP) is 2.50. The first-order valence-electron chi connectivity index (χ1n) is 8.87. The molecular weight excluding hydrogens is 262 g/mol. The van der Waals surface area contributed by atoms with Crippen molar-refractivity contribution < 1.29 is 4.79 Å². The van der Waals surface area contributed by atoms with Gasteiger partial charge >= 0.3 is 0 Å². The van der Waals surface area contributed by atoms with Crippen LogP contribution in [0.5, 0.6) is 0 Å². The van der Waals surface area contributed by atoms with Crippen LogP contribution in [0.3, 0.4) is 0 Å². The number of piperidine rings is 1. The van der Waals surface area contributed by atoms with Gasteiger partial charge in [0.15, 0.2) is 0 Å². The average molecular weight is 296 g/mol. The Morgan fingerprint density at radius 3 is 2.19 bits per heavy atom. The molecule has 0 unspecified atom stereocenters. The molecule has 0 aromatic rings. The molecule has 21 heavy (non-hydrogen) atoms. The van der Waals surface area contributed by atoms with E-state index in [2.05, 4.69) is 31.0 Å². The minimum Gasteiger partial charge on any atom is -0.343 e. The van der Waals surface area contributed by atoms with E-state index in [0.717, 1.165) is 58.5 Å². The number of amides is 1. The van der Waals surface area contributed by atoms with Crippen molar-refractivity contribution in [2.75, 3.05) is 39.3 Å². The molecule has 123 valence electrons. The zero-order valence-electron chi connectivity index (χ0n) is 14.3. The molecule has 0 spiro atoms. The van der Waals surface area contributed by atoms with Crippen molar-refractivity contribution in [3.05, 3.63) is 0 Å². The van der Waals surface area contributed by atoms with Gasteiger partial charge in [-0.3, -0.25) is 4.79 Å². The van der Waals surface area contributed by atoms with Gasteiger partial charge in [0, 0.05) is 38.6 Å². The van der Waals surface area contributed by atoms with E-state index in [0.29, 0.717) is 18.4 Å². The van der Waals surface area contributed by atoms with Crippen LogP contribution in [0.25, 0.3) is 0 Å². The molecule has 0 saturated carbocycles. The lowest BCUT2D eigenvalue weighted by Gasteiger charge is -2.33. The zero-order chi connectivity index (χ0) is 15.5. The third-order valence-electron chi connectivity index (χ3n) is 4.34. The lowest BCUT2D eigenvalue weighted by atomic mass is 10.0. The summed E-state index contributed by atoms with van der Waals surface area (Å²) in [4.78, 5) is 16.8. The van der Waals surface area contributed by atoms with Crippen LogP contribution in [0.4, 0.5) is 0 Å². The predicted molar refractivity (Wildman–Crippen MR) is 88.5 cm³/mol. The van der Waals surface area contributed by atoms with Gasteiger partial charge in [-0.25, -0.2) is 5.32 Å². The summed E-state index contributed by atoms with van der Waals surface area (Å²) in [7, 11) is 0. The van der Waals surface area contributed by atoms with Gasteiger partial charge in [-0.05, 0) is 45.2 Å². The van der Waals surface area contributed by atoms with Crippen LogP contribution in [0.1, 0.15) is 59.3 Å². The van der Waals surface area contributed by atoms with Gasteiger partial charge in [0.2, 0.25) is 5.91 Å².